The fraction of sp³-hybridized carbons (Fsp3) is 0.700. The number of hydrogen-bond donors (Lipinski definition) is 2. The van der Waals surface area contributed by atoms with Crippen molar-refractivity contribution >= 4 is 5.91 Å². The van der Waals surface area contributed by atoms with Gasteiger partial charge in [-0.2, -0.15) is 0 Å². The average molecular weight is 225 g/mol. The van der Waals surface area contributed by atoms with Gasteiger partial charge in [0.15, 0.2) is 0 Å². The molecule has 0 spiro atoms. The van der Waals surface area contributed by atoms with Crippen molar-refractivity contribution in [3.05, 3.63) is 12.4 Å². The Bertz CT molecular complexity index is 298. The Kier molecular flexibility index (Phi) is 5.49. The third-order valence-corrected chi connectivity index (χ3v) is 2.24. The maximum atomic E-state index is 11.4. The molecule has 1 unspecified atom stereocenters. The maximum Gasteiger partial charge on any atom is 0.221 e. The molecule has 0 saturated carbocycles. The highest BCUT2D eigenvalue weighted by Gasteiger charge is 2.07. The molecule has 1 rings (SSSR count). The zero-order chi connectivity index (χ0) is 11.8. The van der Waals surface area contributed by atoms with Gasteiger partial charge in [-0.15, -0.1) is 5.10 Å². The van der Waals surface area contributed by atoms with Gasteiger partial charge >= 0.3 is 0 Å². The average Bonchev–Trinajstić information content (AvgIpc) is 2.70. The monoisotopic (exact) mass is 225 g/mol. The molecule has 0 bridgehead atoms. The zero-order valence-corrected chi connectivity index (χ0v) is 9.59. The molecule has 1 aromatic rings. The fourth-order valence-electron chi connectivity index (χ4n) is 1.45. The Balaban J connectivity index is 2.10. The van der Waals surface area contributed by atoms with E-state index in [9.17, 15) is 4.79 Å². The van der Waals surface area contributed by atoms with Gasteiger partial charge in [-0.3, -0.25) is 9.48 Å². The van der Waals surface area contributed by atoms with E-state index in [1.807, 2.05) is 0 Å². The van der Waals surface area contributed by atoms with Crippen LogP contribution in [-0.2, 0) is 11.3 Å². The number of hydrogen-bond acceptors (Lipinski definition) is 4. The van der Waals surface area contributed by atoms with Gasteiger partial charge in [0.05, 0.1) is 12.7 Å². The van der Waals surface area contributed by atoms with E-state index >= 15 is 0 Å². The van der Waals surface area contributed by atoms with Crippen LogP contribution < -0.4 is 11.1 Å². The molecule has 3 N–H and O–H groups in total. The Hall–Kier alpha value is -1.43. The van der Waals surface area contributed by atoms with Crippen LogP contribution in [0.15, 0.2) is 12.4 Å². The summed E-state index contributed by atoms with van der Waals surface area (Å²) in [5.41, 5.74) is 5.76. The van der Waals surface area contributed by atoms with Gasteiger partial charge in [0.25, 0.3) is 0 Å². The molecule has 0 saturated heterocycles. The van der Waals surface area contributed by atoms with E-state index in [1.54, 1.807) is 17.1 Å². The lowest BCUT2D eigenvalue weighted by Gasteiger charge is -2.10. The summed E-state index contributed by atoms with van der Waals surface area (Å²) < 4.78 is 1.67. The predicted molar refractivity (Wildman–Crippen MR) is 60.5 cm³/mol. The van der Waals surface area contributed by atoms with Crippen molar-refractivity contribution in [2.24, 2.45) is 5.73 Å². The van der Waals surface area contributed by atoms with Gasteiger partial charge in [-0.05, 0) is 6.42 Å². The van der Waals surface area contributed by atoms with E-state index in [0.717, 1.165) is 12.8 Å². The van der Waals surface area contributed by atoms with Crippen molar-refractivity contribution < 1.29 is 4.79 Å². The van der Waals surface area contributed by atoms with Crippen LogP contribution in [0.4, 0.5) is 0 Å². The standard InChI is InChI=1S/C10H19N5O/c1-2-3-9(11)8-10(16)12-4-6-15-7-5-13-14-15/h5,7,9H,2-4,6,8,11H2,1H3,(H,12,16). The molecule has 1 aromatic heterocycles. The van der Waals surface area contributed by atoms with Crippen molar-refractivity contribution in [2.75, 3.05) is 6.54 Å². The topological polar surface area (TPSA) is 85.8 Å². The molecule has 6 nitrogen and oxygen atoms in total. The molecule has 0 aliphatic rings. The lowest BCUT2D eigenvalue weighted by Crippen LogP contribution is -2.33. The molecule has 0 radical (unpaired) electrons. The summed E-state index contributed by atoms with van der Waals surface area (Å²) in [4.78, 5) is 11.4. The summed E-state index contributed by atoms with van der Waals surface area (Å²) in [7, 11) is 0. The number of rotatable bonds is 7. The van der Waals surface area contributed by atoms with E-state index in [0.29, 0.717) is 19.5 Å². The third kappa shape index (κ3) is 4.88. The van der Waals surface area contributed by atoms with Gasteiger partial charge < -0.3 is 11.1 Å². The highest BCUT2D eigenvalue weighted by Crippen LogP contribution is 1.97. The summed E-state index contributed by atoms with van der Waals surface area (Å²) >= 11 is 0. The quantitative estimate of drug-likeness (QED) is 0.679. The van der Waals surface area contributed by atoms with Crippen molar-refractivity contribution in [3.63, 3.8) is 0 Å². The number of nitrogens with zero attached hydrogens (tertiary/aromatic N) is 3. The summed E-state index contributed by atoms with van der Waals surface area (Å²) in [6, 6.07) is -0.0311. The first kappa shape index (κ1) is 12.6. The molecule has 0 aromatic carbocycles. The Labute approximate surface area is 95.2 Å². The first-order chi connectivity index (χ1) is 7.72. The highest BCUT2D eigenvalue weighted by molar-refractivity contribution is 5.76. The Morgan fingerprint density at radius 1 is 1.62 bits per heavy atom. The Morgan fingerprint density at radius 3 is 3.06 bits per heavy atom. The van der Waals surface area contributed by atoms with E-state index in [1.165, 1.54) is 0 Å². The second-order valence-corrected chi connectivity index (χ2v) is 3.77. The second kappa shape index (κ2) is 6.95. The van der Waals surface area contributed by atoms with E-state index in [2.05, 4.69) is 22.6 Å². The molecule has 90 valence electrons. The van der Waals surface area contributed by atoms with Gasteiger partial charge in [-0.1, -0.05) is 18.6 Å². The van der Waals surface area contributed by atoms with Crippen LogP contribution in [0.5, 0.6) is 0 Å². The summed E-state index contributed by atoms with van der Waals surface area (Å²) in [5, 5.41) is 10.3. The van der Waals surface area contributed by atoms with Crippen LogP contribution in [0.3, 0.4) is 0 Å². The molecule has 0 aliphatic carbocycles. The van der Waals surface area contributed by atoms with Crippen LogP contribution >= 0.6 is 0 Å². The number of aromatic nitrogens is 3. The maximum absolute atomic E-state index is 11.4. The van der Waals surface area contributed by atoms with Gasteiger partial charge in [0.1, 0.15) is 0 Å². The van der Waals surface area contributed by atoms with E-state index in [4.69, 9.17) is 5.73 Å². The highest BCUT2D eigenvalue weighted by atomic mass is 16.1. The SMILES string of the molecule is CCCC(N)CC(=O)NCCn1ccnn1. The molecule has 1 atom stereocenters. The number of amides is 1. The second-order valence-electron chi connectivity index (χ2n) is 3.77. The van der Waals surface area contributed by atoms with Crippen LogP contribution in [0.1, 0.15) is 26.2 Å². The largest absolute Gasteiger partial charge is 0.354 e. The smallest absolute Gasteiger partial charge is 0.221 e. The predicted octanol–water partition coefficient (Wildman–Crippen LogP) is -0.0882. The zero-order valence-electron chi connectivity index (χ0n) is 9.59. The van der Waals surface area contributed by atoms with E-state index < -0.39 is 0 Å². The third-order valence-electron chi connectivity index (χ3n) is 2.24. The fourth-order valence-corrected chi connectivity index (χ4v) is 1.45. The normalized spacial score (nSPS) is 12.4. The summed E-state index contributed by atoms with van der Waals surface area (Å²) in [5.74, 6) is 0.000986. The van der Waals surface area contributed by atoms with Crippen molar-refractivity contribution in [1.82, 2.24) is 20.3 Å². The van der Waals surface area contributed by atoms with Crippen LogP contribution in [-0.4, -0.2) is 33.5 Å². The number of nitrogens with one attached hydrogen (secondary N) is 1. The van der Waals surface area contributed by atoms with Crippen molar-refractivity contribution in [2.45, 2.75) is 38.8 Å². The molecule has 16 heavy (non-hydrogen) atoms. The van der Waals surface area contributed by atoms with Gasteiger partial charge in [0, 0.05) is 25.2 Å². The van der Waals surface area contributed by atoms with Crippen molar-refractivity contribution in [3.8, 4) is 0 Å². The first-order valence-electron chi connectivity index (χ1n) is 5.58. The summed E-state index contributed by atoms with van der Waals surface area (Å²) in [6.45, 7) is 3.25. The molecule has 6 heteroatoms. The van der Waals surface area contributed by atoms with Crippen molar-refractivity contribution in [1.29, 1.82) is 0 Å². The first-order valence-corrected chi connectivity index (χ1v) is 5.58. The minimum Gasteiger partial charge on any atom is -0.354 e. The lowest BCUT2D eigenvalue weighted by atomic mass is 10.1. The summed E-state index contributed by atoms with van der Waals surface area (Å²) in [6.07, 6.45) is 5.66. The molecular weight excluding hydrogens is 206 g/mol. The molecule has 1 heterocycles. The van der Waals surface area contributed by atoms with Crippen LogP contribution in [0.2, 0.25) is 0 Å². The molecule has 0 aliphatic heterocycles. The minimum atomic E-state index is -0.0311. The molecule has 0 fully saturated rings. The molecular formula is C10H19N5O. The van der Waals surface area contributed by atoms with Gasteiger partial charge in [-0.25, -0.2) is 0 Å². The number of carbonyl (C=O) groups is 1. The number of carbonyl (C=O) groups excluding carboxylic acids is 1. The molecule has 1 amide bonds. The number of nitrogens with two attached hydrogens (primary N) is 1. The Morgan fingerprint density at radius 2 is 2.44 bits per heavy atom. The lowest BCUT2D eigenvalue weighted by molar-refractivity contribution is -0.121. The van der Waals surface area contributed by atoms with Crippen LogP contribution in [0, 0.1) is 0 Å². The van der Waals surface area contributed by atoms with Gasteiger partial charge in [0.2, 0.25) is 5.91 Å². The van der Waals surface area contributed by atoms with E-state index in [-0.39, 0.29) is 11.9 Å². The minimum absolute atomic E-state index is 0.000986. The van der Waals surface area contributed by atoms with Crippen LogP contribution in [0.25, 0.3) is 0 Å².